The lowest BCUT2D eigenvalue weighted by Gasteiger charge is -2.32. The molecule has 1 unspecified atom stereocenters. The Morgan fingerprint density at radius 1 is 1.00 bits per heavy atom. The van der Waals surface area contributed by atoms with Gasteiger partial charge in [0.05, 0.1) is 27.7 Å². The van der Waals surface area contributed by atoms with Crippen LogP contribution in [0, 0.1) is 6.92 Å². The molecule has 3 aromatic carbocycles. The minimum Gasteiger partial charge on any atom is -0.495 e. The third-order valence-corrected chi connectivity index (χ3v) is 8.78. The van der Waals surface area contributed by atoms with E-state index in [0.717, 1.165) is 16.3 Å². The number of carbonyl (C=O) groups is 2. The first-order valence-electron chi connectivity index (χ1n) is 12.7. The Morgan fingerprint density at radius 3 is 2.33 bits per heavy atom. The number of amides is 2. The van der Waals surface area contributed by atoms with Crippen molar-refractivity contribution in [2.75, 3.05) is 24.5 Å². The lowest BCUT2D eigenvalue weighted by Crippen LogP contribution is -2.51. The van der Waals surface area contributed by atoms with Gasteiger partial charge in [0.1, 0.15) is 18.3 Å². The largest absolute Gasteiger partial charge is 0.495 e. The van der Waals surface area contributed by atoms with E-state index in [-0.39, 0.29) is 28.8 Å². The first kappa shape index (κ1) is 31.3. The molecule has 0 bridgehead atoms. The van der Waals surface area contributed by atoms with Gasteiger partial charge in [-0.15, -0.1) is 0 Å². The Bertz CT molecular complexity index is 1450. The molecule has 0 aliphatic rings. The summed E-state index contributed by atoms with van der Waals surface area (Å²) in [6, 6.07) is 16.9. The maximum absolute atomic E-state index is 14.0. The number of aryl methyl sites for hydroxylation is 1. The number of methoxy groups -OCH3 is 1. The van der Waals surface area contributed by atoms with Gasteiger partial charge in [-0.05, 0) is 67.8 Å². The SMILES string of the molecule is CCCNC(=O)C(C)N(Cc1ccc(Cl)c(Cl)c1)C(=O)CN(c1cc(C)ccc1OC)S(=O)(=O)c1ccccc1. The molecule has 0 heterocycles. The van der Waals surface area contributed by atoms with Crippen molar-refractivity contribution in [3.8, 4) is 5.75 Å². The highest BCUT2D eigenvalue weighted by atomic mass is 35.5. The molecule has 214 valence electrons. The van der Waals surface area contributed by atoms with Crippen LogP contribution in [-0.4, -0.2) is 51.4 Å². The standard InChI is InChI=1S/C29H33Cl2N3O5S/c1-5-15-32-29(36)21(3)33(18-22-12-13-24(30)25(31)17-22)28(35)19-34(26-16-20(2)11-14-27(26)39-4)40(37,38)23-9-7-6-8-10-23/h6-14,16-17,21H,5,15,18-19H2,1-4H3,(H,32,36). The van der Waals surface area contributed by atoms with E-state index in [1.54, 1.807) is 61.5 Å². The quantitative estimate of drug-likeness (QED) is 0.296. The van der Waals surface area contributed by atoms with Gasteiger partial charge in [0.2, 0.25) is 11.8 Å². The van der Waals surface area contributed by atoms with Crippen LogP contribution in [0.4, 0.5) is 5.69 Å². The molecule has 40 heavy (non-hydrogen) atoms. The van der Waals surface area contributed by atoms with Crippen molar-refractivity contribution in [1.82, 2.24) is 10.2 Å². The first-order chi connectivity index (χ1) is 19.0. The summed E-state index contributed by atoms with van der Waals surface area (Å²) in [6.07, 6.45) is 0.718. The zero-order valence-corrected chi connectivity index (χ0v) is 25.2. The molecule has 0 fully saturated rings. The highest BCUT2D eigenvalue weighted by Crippen LogP contribution is 2.34. The third-order valence-electron chi connectivity index (χ3n) is 6.27. The molecule has 0 aromatic heterocycles. The number of halogens is 2. The van der Waals surface area contributed by atoms with Crippen LogP contribution in [0.2, 0.25) is 10.0 Å². The molecular formula is C29H33Cl2N3O5S. The van der Waals surface area contributed by atoms with Crippen molar-refractivity contribution in [2.24, 2.45) is 0 Å². The van der Waals surface area contributed by atoms with Gasteiger partial charge in [-0.1, -0.05) is 60.5 Å². The summed E-state index contributed by atoms with van der Waals surface area (Å²) in [5, 5.41) is 3.46. The van der Waals surface area contributed by atoms with Gasteiger partial charge in [-0.2, -0.15) is 0 Å². The minimum atomic E-state index is -4.21. The Labute approximate surface area is 245 Å². The minimum absolute atomic E-state index is 0.000606. The Balaban J connectivity index is 2.09. The lowest BCUT2D eigenvalue weighted by molar-refractivity contribution is -0.139. The average Bonchev–Trinajstić information content (AvgIpc) is 2.95. The Kier molecular flexibility index (Phi) is 10.8. The molecular weight excluding hydrogens is 573 g/mol. The van der Waals surface area contributed by atoms with Crippen LogP contribution in [0.25, 0.3) is 0 Å². The predicted octanol–water partition coefficient (Wildman–Crippen LogP) is 5.45. The van der Waals surface area contributed by atoms with Gasteiger partial charge < -0.3 is 15.0 Å². The molecule has 0 spiro atoms. The summed E-state index contributed by atoms with van der Waals surface area (Å²) in [7, 11) is -2.78. The van der Waals surface area contributed by atoms with Gasteiger partial charge in [0.15, 0.2) is 0 Å². The van der Waals surface area contributed by atoms with Crippen molar-refractivity contribution in [2.45, 2.75) is 44.7 Å². The number of hydrogen-bond donors (Lipinski definition) is 1. The molecule has 1 atom stereocenters. The van der Waals surface area contributed by atoms with E-state index in [2.05, 4.69) is 5.32 Å². The number of nitrogens with one attached hydrogen (secondary N) is 1. The van der Waals surface area contributed by atoms with Crippen molar-refractivity contribution in [1.29, 1.82) is 0 Å². The van der Waals surface area contributed by atoms with Crippen LogP contribution in [0.5, 0.6) is 5.75 Å². The van der Waals surface area contributed by atoms with E-state index in [1.807, 2.05) is 13.8 Å². The zero-order valence-electron chi connectivity index (χ0n) is 22.9. The Morgan fingerprint density at radius 2 is 1.70 bits per heavy atom. The number of sulfonamides is 1. The van der Waals surface area contributed by atoms with E-state index in [4.69, 9.17) is 27.9 Å². The lowest BCUT2D eigenvalue weighted by atomic mass is 10.1. The summed E-state index contributed by atoms with van der Waals surface area (Å²) in [5.74, 6) is -0.670. The number of anilines is 1. The normalized spacial score (nSPS) is 11.9. The van der Waals surface area contributed by atoms with Gasteiger partial charge in [-0.3, -0.25) is 13.9 Å². The van der Waals surface area contributed by atoms with Crippen molar-refractivity contribution in [3.05, 3.63) is 87.9 Å². The van der Waals surface area contributed by atoms with Crippen LogP contribution in [0.1, 0.15) is 31.4 Å². The number of nitrogens with zero attached hydrogens (tertiary/aromatic N) is 2. The van der Waals surface area contributed by atoms with Gasteiger partial charge in [0, 0.05) is 13.1 Å². The van der Waals surface area contributed by atoms with E-state index in [0.29, 0.717) is 22.2 Å². The first-order valence-corrected chi connectivity index (χ1v) is 14.9. The second-order valence-electron chi connectivity index (χ2n) is 9.24. The molecule has 3 aromatic rings. The van der Waals surface area contributed by atoms with Crippen molar-refractivity contribution in [3.63, 3.8) is 0 Å². The van der Waals surface area contributed by atoms with E-state index >= 15 is 0 Å². The average molecular weight is 607 g/mol. The van der Waals surface area contributed by atoms with Crippen LogP contribution in [-0.2, 0) is 26.2 Å². The fraction of sp³-hybridized carbons (Fsp3) is 0.310. The zero-order chi connectivity index (χ0) is 29.4. The van der Waals surface area contributed by atoms with Crippen LogP contribution in [0.3, 0.4) is 0 Å². The van der Waals surface area contributed by atoms with Crippen LogP contribution in [0.15, 0.2) is 71.6 Å². The van der Waals surface area contributed by atoms with Crippen LogP contribution < -0.4 is 14.4 Å². The summed E-state index contributed by atoms with van der Waals surface area (Å²) in [5.41, 5.74) is 1.61. The van der Waals surface area contributed by atoms with E-state index in [9.17, 15) is 18.0 Å². The molecule has 11 heteroatoms. The number of benzene rings is 3. The summed E-state index contributed by atoms with van der Waals surface area (Å²) in [4.78, 5) is 28.3. The highest BCUT2D eigenvalue weighted by Gasteiger charge is 2.33. The third kappa shape index (κ3) is 7.47. The van der Waals surface area contributed by atoms with Crippen molar-refractivity contribution < 1.29 is 22.7 Å². The fourth-order valence-corrected chi connectivity index (χ4v) is 5.80. The monoisotopic (exact) mass is 605 g/mol. The number of ether oxygens (including phenoxy) is 1. The summed E-state index contributed by atoms with van der Waals surface area (Å²) in [6.45, 7) is 5.20. The van der Waals surface area contributed by atoms with Gasteiger partial charge in [0.25, 0.3) is 10.0 Å². The molecule has 0 aliphatic carbocycles. The number of rotatable bonds is 12. The maximum Gasteiger partial charge on any atom is 0.264 e. The summed E-state index contributed by atoms with van der Waals surface area (Å²) >= 11 is 12.3. The number of hydrogen-bond acceptors (Lipinski definition) is 5. The molecule has 8 nitrogen and oxygen atoms in total. The van der Waals surface area contributed by atoms with E-state index in [1.165, 1.54) is 24.1 Å². The molecule has 0 radical (unpaired) electrons. The molecule has 1 N–H and O–H groups in total. The predicted molar refractivity (Wildman–Crippen MR) is 158 cm³/mol. The van der Waals surface area contributed by atoms with Gasteiger partial charge in [-0.25, -0.2) is 8.42 Å². The molecule has 0 saturated carbocycles. The van der Waals surface area contributed by atoms with Crippen LogP contribution >= 0.6 is 23.2 Å². The van der Waals surface area contributed by atoms with Gasteiger partial charge >= 0.3 is 0 Å². The smallest absolute Gasteiger partial charge is 0.264 e. The topological polar surface area (TPSA) is 96.0 Å². The second-order valence-corrected chi connectivity index (χ2v) is 11.9. The maximum atomic E-state index is 14.0. The van der Waals surface area contributed by atoms with E-state index < -0.39 is 28.5 Å². The second kappa shape index (κ2) is 13.9. The highest BCUT2D eigenvalue weighted by molar-refractivity contribution is 7.92. The molecule has 0 saturated heterocycles. The molecule has 0 aliphatic heterocycles. The van der Waals surface area contributed by atoms with Crippen molar-refractivity contribution >= 4 is 50.7 Å². The Hall–Kier alpha value is -3.27. The fourth-order valence-electron chi connectivity index (χ4n) is 4.04. The molecule has 2 amide bonds. The molecule has 3 rings (SSSR count). The summed E-state index contributed by atoms with van der Waals surface area (Å²) < 4.78 is 34.4. The number of carbonyl (C=O) groups excluding carboxylic acids is 2.